The number of fused-ring (bicyclic) bond motifs is 1. The molecule has 13 heteroatoms. The summed E-state index contributed by atoms with van der Waals surface area (Å²) in [6.07, 6.45) is -1.35. The molecular formula is C22H12ClF4N6O2. The number of aromatic amines is 1. The smallest absolute Gasteiger partial charge is 0.436 e. The summed E-state index contributed by atoms with van der Waals surface area (Å²) in [5, 5.41) is 7.39. The Morgan fingerprint density at radius 1 is 1.14 bits per heavy atom. The lowest BCUT2D eigenvalue weighted by Gasteiger charge is -2.15. The van der Waals surface area contributed by atoms with Crippen LogP contribution in [0.4, 0.5) is 17.6 Å². The number of benzene rings is 1. The van der Waals surface area contributed by atoms with Gasteiger partial charge in [-0.25, -0.2) is 9.67 Å². The Morgan fingerprint density at radius 3 is 2.63 bits per heavy atom. The molecule has 4 heterocycles. The lowest BCUT2D eigenvalue weighted by molar-refractivity contribution is -0.141. The Hall–Kier alpha value is -4.19. The van der Waals surface area contributed by atoms with E-state index in [0.717, 1.165) is 15.4 Å². The summed E-state index contributed by atoms with van der Waals surface area (Å²) in [7, 11) is 1.35. The number of aromatic nitrogens is 6. The molecule has 4 aromatic heterocycles. The van der Waals surface area contributed by atoms with Gasteiger partial charge in [-0.2, -0.15) is 17.6 Å². The van der Waals surface area contributed by atoms with E-state index in [2.05, 4.69) is 26.3 Å². The normalized spacial score (nSPS) is 11.8. The number of rotatable bonds is 4. The molecule has 0 bridgehead atoms. The first-order valence-electron chi connectivity index (χ1n) is 9.82. The molecule has 1 N–H and O–H groups in total. The Kier molecular flexibility index (Phi) is 5.32. The van der Waals surface area contributed by atoms with Crippen LogP contribution < -0.4 is 10.3 Å². The van der Waals surface area contributed by atoms with E-state index in [1.165, 1.54) is 49.8 Å². The van der Waals surface area contributed by atoms with E-state index in [1.54, 1.807) is 0 Å². The maximum Gasteiger partial charge on any atom is 0.436 e. The fraction of sp³-hybridized carbons (Fsp3) is 0.0909. The lowest BCUT2D eigenvalue weighted by Crippen LogP contribution is -2.18. The molecule has 177 valence electrons. The van der Waals surface area contributed by atoms with E-state index in [9.17, 15) is 22.4 Å². The van der Waals surface area contributed by atoms with Crippen molar-refractivity contribution >= 4 is 22.5 Å². The minimum absolute atomic E-state index is 0.0706. The minimum Gasteiger partial charge on any atom is -0.495 e. The number of ether oxygens (including phenoxy) is 1. The molecule has 35 heavy (non-hydrogen) atoms. The van der Waals surface area contributed by atoms with Crippen molar-refractivity contribution in [3.8, 4) is 28.4 Å². The first-order valence-corrected chi connectivity index (χ1v) is 10.2. The van der Waals surface area contributed by atoms with Crippen LogP contribution in [0.2, 0.25) is 5.02 Å². The summed E-state index contributed by atoms with van der Waals surface area (Å²) in [6, 6.07) is 10.00. The third kappa shape index (κ3) is 4.01. The van der Waals surface area contributed by atoms with Crippen LogP contribution in [0.3, 0.4) is 0 Å². The van der Waals surface area contributed by atoms with Gasteiger partial charge in [-0.3, -0.25) is 9.36 Å². The van der Waals surface area contributed by atoms with Gasteiger partial charge in [-0.05, 0) is 24.3 Å². The zero-order valence-electron chi connectivity index (χ0n) is 17.6. The predicted octanol–water partition coefficient (Wildman–Crippen LogP) is 4.58. The van der Waals surface area contributed by atoms with E-state index in [4.69, 9.17) is 16.3 Å². The maximum absolute atomic E-state index is 14.0. The minimum atomic E-state index is -4.69. The van der Waals surface area contributed by atoms with Crippen molar-refractivity contribution in [1.29, 1.82) is 0 Å². The van der Waals surface area contributed by atoms with Gasteiger partial charge < -0.3 is 9.72 Å². The molecule has 0 unspecified atom stereocenters. The summed E-state index contributed by atoms with van der Waals surface area (Å²) < 4.78 is 60.7. The highest BCUT2D eigenvalue weighted by molar-refractivity contribution is 6.31. The summed E-state index contributed by atoms with van der Waals surface area (Å²) in [4.78, 5) is 19.4. The molecule has 0 spiro atoms. The number of nitrogens with zero attached hydrogens (tertiary/aromatic N) is 5. The highest BCUT2D eigenvalue weighted by Crippen LogP contribution is 2.36. The molecule has 8 nitrogen and oxygen atoms in total. The van der Waals surface area contributed by atoms with Crippen LogP contribution in [0.15, 0.2) is 53.7 Å². The largest absolute Gasteiger partial charge is 0.495 e. The van der Waals surface area contributed by atoms with Crippen molar-refractivity contribution in [2.45, 2.75) is 6.18 Å². The Labute approximate surface area is 198 Å². The van der Waals surface area contributed by atoms with Gasteiger partial charge in [0, 0.05) is 39.9 Å². The summed E-state index contributed by atoms with van der Waals surface area (Å²) in [6.45, 7) is 0. The fourth-order valence-corrected chi connectivity index (χ4v) is 3.73. The molecule has 0 atom stereocenters. The van der Waals surface area contributed by atoms with E-state index in [1.807, 2.05) is 0 Å². The molecule has 0 aliphatic heterocycles. The first-order chi connectivity index (χ1) is 16.7. The first kappa shape index (κ1) is 22.6. The number of halogens is 5. The van der Waals surface area contributed by atoms with E-state index >= 15 is 0 Å². The SMILES string of the molecule is COc1cn(-c2[c]c3ccnc(F)c3[nH]2)c(=O)cc1-c1cc(Cl)ccc1-n1cc(C(F)(F)F)nn1. The van der Waals surface area contributed by atoms with Gasteiger partial charge in [0.15, 0.2) is 5.69 Å². The third-order valence-corrected chi connectivity index (χ3v) is 5.39. The number of pyridine rings is 2. The van der Waals surface area contributed by atoms with Gasteiger partial charge in [-0.1, -0.05) is 16.8 Å². The van der Waals surface area contributed by atoms with Crippen molar-refractivity contribution in [3.63, 3.8) is 0 Å². The van der Waals surface area contributed by atoms with Gasteiger partial charge in [-0.15, -0.1) is 5.10 Å². The standard InChI is InChI=1S/C22H12ClF4N6O2/c1-35-16-9-32(18-6-11-4-5-28-21(24)20(11)29-18)19(34)8-14(16)13-7-12(23)2-3-15(13)33-10-17(30-31-33)22(25,26)27/h2-5,7-10,29H,1H3. The van der Waals surface area contributed by atoms with Crippen molar-refractivity contribution < 1.29 is 22.3 Å². The molecule has 0 amide bonds. The summed E-state index contributed by atoms with van der Waals surface area (Å²) in [5.74, 6) is -0.439. The summed E-state index contributed by atoms with van der Waals surface area (Å²) in [5.41, 5.74) is -0.985. The molecule has 0 saturated carbocycles. The second-order valence-corrected chi connectivity index (χ2v) is 7.73. The number of H-pyrrole nitrogens is 1. The molecule has 0 aliphatic carbocycles. The molecule has 1 radical (unpaired) electrons. The van der Waals surface area contributed by atoms with Gasteiger partial charge in [0.05, 0.1) is 25.2 Å². The van der Waals surface area contributed by atoms with Crippen molar-refractivity contribution in [2.75, 3.05) is 7.11 Å². The topological polar surface area (TPSA) is 90.6 Å². The average Bonchev–Trinajstić information content (AvgIpc) is 3.47. The number of methoxy groups -OCH3 is 1. The van der Waals surface area contributed by atoms with Gasteiger partial charge in [0.25, 0.3) is 5.56 Å². The lowest BCUT2D eigenvalue weighted by atomic mass is 10.0. The molecule has 5 aromatic rings. The number of hydrogen-bond donors (Lipinski definition) is 1. The summed E-state index contributed by atoms with van der Waals surface area (Å²) >= 11 is 6.15. The molecule has 0 aliphatic rings. The quantitative estimate of drug-likeness (QED) is 0.286. The zero-order chi connectivity index (χ0) is 24.9. The maximum atomic E-state index is 14.0. The monoisotopic (exact) mass is 503 g/mol. The molecule has 0 saturated heterocycles. The second-order valence-electron chi connectivity index (χ2n) is 7.29. The van der Waals surface area contributed by atoms with Gasteiger partial charge >= 0.3 is 6.18 Å². The molecule has 1 aromatic carbocycles. The fourth-order valence-electron chi connectivity index (χ4n) is 3.55. The van der Waals surface area contributed by atoms with E-state index < -0.39 is 23.4 Å². The van der Waals surface area contributed by atoms with Gasteiger partial charge in [0.2, 0.25) is 5.95 Å². The van der Waals surface area contributed by atoms with Crippen LogP contribution in [0, 0.1) is 12.0 Å². The number of nitrogens with one attached hydrogen (secondary N) is 1. The predicted molar refractivity (Wildman–Crippen MR) is 117 cm³/mol. The zero-order valence-corrected chi connectivity index (χ0v) is 18.3. The third-order valence-electron chi connectivity index (χ3n) is 5.16. The van der Waals surface area contributed by atoms with Crippen LogP contribution in [0.5, 0.6) is 5.75 Å². The highest BCUT2D eigenvalue weighted by Gasteiger charge is 2.34. The van der Waals surface area contributed by atoms with Crippen LogP contribution in [0.1, 0.15) is 5.69 Å². The molecule has 5 rings (SSSR count). The molecule has 0 fully saturated rings. The number of alkyl halides is 3. The Morgan fingerprint density at radius 2 is 1.94 bits per heavy atom. The van der Waals surface area contributed by atoms with Crippen molar-refractivity contribution in [1.82, 2.24) is 29.5 Å². The highest BCUT2D eigenvalue weighted by atomic mass is 35.5. The molecular weight excluding hydrogens is 492 g/mol. The van der Waals surface area contributed by atoms with Crippen LogP contribution in [-0.2, 0) is 6.18 Å². The van der Waals surface area contributed by atoms with Crippen molar-refractivity contribution in [2.24, 2.45) is 0 Å². The average molecular weight is 504 g/mol. The van der Waals surface area contributed by atoms with E-state index in [-0.39, 0.29) is 38.9 Å². The van der Waals surface area contributed by atoms with Crippen LogP contribution >= 0.6 is 11.6 Å². The van der Waals surface area contributed by atoms with E-state index in [0.29, 0.717) is 5.39 Å². The Balaban J connectivity index is 1.68. The van der Waals surface area contributed by atoms with Gasteiger partial charge in [0.1, 0.15) is 17.1 Å². The van der Waals surface area contributed by atoms with Crippen molar-refractivity contribution in [3.05, 3.63) is 82.0 Å². The Bertz CT molecular complexity index is 1640. The second kappa shape index (κ2) is 8.24. The number of hydrogen-bond acceptors (Lipinski definition) is 5. The van der Waals surface area contributed by atoms with Crippen LogP contribution in [0.25, 0.3) is 33.5 Å². The van der Waals surface area contributed by atoms with Crippen LogP contribution in [-0.4, -0.2) is 36.6 Å².